The Morgan fingerprint density at radius 1 is 1.53 bits per heavy atom. The molecule has 88 valence electrons. The third-order valence-corrected chi connectivity index (χ3v) is 2.37. The minimum atomic E-state index is -0.446. The Kier molecular flexibility index (Phi) is 5.95. The molecule has 0 fully saturated rings. The van der Waals surface area contributed by atoms with E-state index < -0.39 is 5.60 Å². The van der Waals surface area contributed by atoms with E-state index in [-0.39, 0.29) is 12.1 Å². The lowest BCUT2D eigenvalue weighted by Crippen LogP contribution is -2.36. The van der Waals surface area contributed by atoms with Gasteiger partial charge in [0.05, 0.1) is 0 Å². The topological polar surface area (TPSA) is 38.3 Å². The number of carbonyl (C=O) groups is 1. The number of rotatable bonds is 3. The Labute approximate surface area is 100 Å². The summed E-state index contributed by atoms with van der Waals surface area (Å²) in [6, 6.07) is -0.0163. The van der Waals surface area contributed by atoms with Gasteiger partial charge in [0, 0.05) is 11.4 Å². The normalized spacial score (nSPS) is 14.7. The maximum Gasteiger partial charge on any atom is 0.408 e. The number of allylic oxidation sites excluding steroid dienone is 1. The number of hydrogen-bond donors (Lipinski definition) is 1. The Morgan fingerprint density at radius 3 is 2.47 bits per heavy atom. The molecule has 0 aliphatic carbocycles. The van der Waals surface area contributed by atoms with Crippen molar-refractivity contribution in [1.29, 1.82) is 0 Å². The van der Waals surface area contributed by atoms with Crippen LogP contribution in [-0.4, -0.2) is 23.1 Å². The highest BCUT2D eigenvalue weighted by atomic mass is 79.9. The predicted molar refractivity (Wildman–Crippen MR) is 66.4 cm³/mol. The van der Waals surface area contributed by atoms with Crippen molar-refractivity contribution < 1.29 is 9.53 Å². The van der Waals surface area contributed by atoms with Gasteiger partial charge in [-0.3, -0.25) is 0 Å². The molecule has 1 N–H and O–H groups in total. The van der Waals surface area contributed by atoms with Gasteiger partial charge in [-0.15, -0.1) is 0 Å². The summed E-state index contributed by atoms with van der Waals surface area (Å²) >= 11 is 3.35. The van der Waals surface area contributed by atoms with Crippen LogP contribution in [0.3, 0.4) is 0 Å². The van der Waals surface area contributed by atoms with E-state index in [1.165, 1.54) is 5.57 Å². The van der Waals surface area contributed by atoms with Crippen LogP contribution in [0.2, 0.25) is 0 Å². The Morgan fingerprint density at radius 2 is 2.07 bits per heavy atom. The van der Waals surface area contributed by atoms with Crippen LogP contribution < -0.4 is 5.32 Å². The molecule has 0 aliphatic heterocycles. The monoisotopic (exact) mass is 277 g/mol. The van der Waals surface area contributed by atoms with E-state index in [0.29, 0.717) is 0 Å². The molecule has 3 nitrogen and oxygen atoms in total. The highest BCUT2D eigenvalue weighted by Gasteiger charge is 2.16. The van der Waals surface area contributed by atoms with Gasteiger partial charge in [-0.05, 0) is 34.6 Å². The number of carbonyl (C=O) groups excluding carboxylic acids is 1. The lowest BCUT2D eigenvalue weighted by molar-refractivity contribution is 0.0518. The zero-order valence-corrected chi connectivity index (χ0v) is 11.6. The van der Waals surface area contributed by atoms with Gasteiger partial charge in [0.1, 0.15) is 5.60 Å². The second-order valence-electron chi connectivity index (χ2n) is 4.58. The van der Waals surface area contributed by atoms with Gasteiger partial charge < -0.3 is 10.1 Å². The first-order chi connectivity index (χ1) is 6.74. The Hall–Kier alpha value is -0.510. The molecule has 0 aromatic rings. The first kappa shape index (κ1) is 14.5. The van der Waals surface area contributed by atoms with E-state index in [1.807, 2.05) is 40.7 Å². The summed E-state index contributed by atoms with van der Waals surface area (Å²) in [5.74, 6) is 0. The highest BCUT2D eigenvalue weighted by Crippen LogP contribution is 2.07. The molecule has 0 bridgehead atoms. The smallest absolute Gasteiger partial charge is 0.408 e. The van der Waals surface area contributed by atoms with E-state index in [9.17, 15) is 4.79 Å². The molecule has 4 heteroatoms. The number of hydrogen-bond acceptors (Lipinski definition) is 2. The Balaban J connectivity index is 4.08. The highest BCUT2D eigenvalue weighted by molar-refractivity contribution is 9.09. The molecule has 0 unspecified atom stereocenters. The molecule has 0 spiro atoms. The fourth-order valence-electron chi connectivity index (χ4n) is 1.01. The first-order valence-electron chi connectivity index (χ1n) is 4.97. The number of alkyl carbamates (subject to hydrolysis) is 1. The maximum atomic E-state index is 11.4. The average molecular weight is 278 g/mol. The zero-order chi connectivity index (χ0) is 12.1. The van der Waals surface area contributed by atoms with Gasteiger partial charge in [0.2, 0.25) is 0 Å². The molecule has 0 aromatic carbocycles. The van der Waals surface area contributed by atoms with Crippen LogP contribution in [0.25, 0.3) is 0 Å². The molecule has 0 rings (SSSR count). The van der Waals surface area contributed by atoms with Crippen LogP contribution in [0.1, 0.15) is 34.6 Å². The lowest BCUT2D eigenvalue weighted by Gasteiger charge is -2.21. The summed E-state index contributed by atoms with van der Waals surface area (Å²) in [7, 11) is 0. The van der Waals surface area contributed by atoms with Gasteiger partial charge in [0.25, 0.3) is 0 Å². The van der Waals surface area contributed by atoms with Crippen LogP contribution in [0.15, 0.2) is 11.6 Å². The SMILES string of the molecule is C/C(=C\[C@@H](C)NC(=O)OC(C)(C)C)CBr. The Bertz CT molecular complexity index is 243. The number of alkyl halides is 1. The molecule has 0 saturated carbocycles. The summed E-state index contributed by atoms with van der Waals surface area (Å²) in [5, 5.41) is 3.56. The second-order valence-corrected chi connectivity index (χ2v) is 5.14. The standard InChI is InChI=1S/C11H20BrNO2/c1-8(7-12)6-9(2)13-10(14)15-11(3,4)5/h6,9H,7H2,1-5H3,(H,13,14)/b8-6+/t9-/m1/s1. The molecule has 0 saturated heterocycles. The number of amides is 1. The van der Waals surface area contributed by atoms with Crippen LogP contribution >= 0.6 is 15.9 Å². The third-order valence-electron chi connectivity index (χ3n) is 1.49. The number of halogens is 1. The van der Waals surface area contributed by atoms with E-state index >= 15 is 0 Å². The van der Waals surface area contributed by atoms with Crippen molar-refractivity contribution >= 4 is 22.0 Å². The van der Waals surface area contributed by atoms with Crippen LogP contribution in [0.4, 0.5) is 4.79 Å². The zero-order valence-electron chi connectivity index (χ0n) is 10.1. The van der Waals surface area contributed by atoms with Crippen LogP contribution in [0, 0.1) is 0 Å². The quantitative estimate of drug-likeness (QED) is 0.635. The van der Waals surface area contributed by atoms with Crippen LogP contribution in [-0.2, 0) is 4.74 Å². The third kappa shape index (κ3) is 8.48. The second kappa shape index (κ2) is 6.16. The van der Waals surface area contributed by atoms with Crippen molar-refractivity contribution in [1.82, 2.24) is 5.32 Å². The molecular weight excluding hydrogens is 258 g/mol. The van der Waals surface area contributed by atoms with Crippen molar-refractivity contribution in [3.8, 4) is 0 Å². The molecule has 0 aromatic heterocycles. The van der Waals surface area contributed by atoms with Crippen molar-refractivity contribution in [2.75, 3.05) is 5.33 Å². The fraction of sp³-hybridized carbons (Fsp3) is 0.727. The maximum absolute atomic E-state index is 11.4. The summed E-state index contributed by atoms with van der Waals surface area (Å²) in [5.41, 5.74) is 0.733. The average Bonchev–Trinajstić information content (AvgIpc) is 1.99. The van der Waals surface area contributed by atoms with Gasteiger partial charge >= 0.3 is 6.09 Å². The molecule has 1 atom stereocenters. The van der Waals surface area contributed by atoms with Crippen molar-refractivity contribution in [3.63, 3.8) is 0 Å². The van der Waals surface area contributed by atoms with E-state index in [4.69, 9.17) is 4.74 Å². The summed E-state index contributed by atoms with van der Waals surface area (Å²) in [6.07, 6.45) is 1.60. The molecule has 15 heavy (non-hydrogen) atoms. The molecule has 0 radical (unpaired) electrons. The molecule has 1 amide bonds. The molecule has 0 heterocycles. The largest absolute Gasteiger partial charge is 0.444 e. The van der Waals surface area contributed by atoms with E-state index in [0.717, 1.165) is 5.33 Å². The van der Waals surface area contributed by atoms with Crippen LogP contribution in [0.5, 0.6) is 0 Å². The summed E-state index contributed by atoms with van der Waals surface area (Å²) in [4.78, 5) is 11.4. The van der Waals surface area contributed by atoms with E-state index in [2.05, 4.69) is 21.2 Å². The lowest BCUT2D eigenvalue weighted by atomic mass is 10.2. The first-order valence-corrected chi connectivity index (χ1v) is 6.09. The number of nitrogens with one attached hydrogen (secondary N) is 1. The number of ether oxygens (including phenoxy) is 1. The predicted octanol–water partition coefficient (Wildman–Crippen LogP) is 3.24. The van der Waals surface area contributed by atoms with Crippen molar-refractivity contribution in [2.45, 2.75) is 46.3 Å². The van der Waals surface area contributed by atoms with E-state index in [1.54, 1.807) is 0 Å². The summed E-state index contributed by atoms with van der Waals surface area (Å²) < 4.78 is 5.13. The van der Waals surface area contributed by atoms with Gasteiger partial charge in [-0.1, -0.05) is 27.6 Å². The minimum absolute atomic E-state index is 0.0163. The minimum Gasteiger partial charge on any atom is -0.444 e. The van der Waals surface area contributed by atoms with Gasteiger partial charge in [-0.25, -0.2) is 4.79 Å². The fourth-order valence-corrected chi connectivity index (χ4v) is 1.19. The van der Waals surface area contributed by atoms with Gasteiger partial charge in [-0.2, -0.15) is 0 Å². The van der Waals surface area contributed by atoms with Crippen molar-refractivity contribution in [3.05, 3.63) is 11.6 Å². The molecule has 0 aliphatic rings. The van der Waals surface area contributed by atoms with Gasteiger partial charge in [0.15, 0.2) is 0 Å². The van der Waals surface area contributed by atoms with Crippen molar-refractivity contribution in [2.24, 2.45) is 0 Å². The summed E-state index contributed by atoms with van der Waals surface area (Å²) in [6.45, 7) is 9.45. The molecular formula is C11H20BrNO2.